The number of rotatable bonds is 6. The van der Waals surface area contributed by atoms with Gasteiger partial charge in [0.15, 0.2) is 0 Å². The normalized spacial score (nSPS) is 15.1. The van der Waals surface area contributed by atoms with Crippen LogP contribution in [0.15, 0.2) is 66.7 Å². The van der Waals surface area contributed by atoms with E-state index in [9.17, 15) is 10.2 Å². The van der Waals surface area contributed by atoms with Crippen LogP contribution in [0.5, 0.6) is 11.5 Å². The van der Waals surface area contributed by atoms with Crippen LogP contribution in [0.2, 0.25) is 0 Å². The molecule has 1 heterocycles. The molecule has 4 heteroatoms. The van der Waals surface area contributed by atoms with Crippen LogP contribution in [-0.4, -0.2) is 41.4 Å². The second-order valence-electron chi connectivity index (χ2n) is 9.92. The van der Waals surface area contributed by atoms with Crippen molar-refractivity contribution in [2.45, 2.75) is 38.7 Å². The minimum atomic E-state index is -0.929. The molecular formula is C30H33NO3. The molecule has 0 radical (unpaired) electrons. The Morgan fingerprint density at radius 1 is 0.824 bits per heavy atom. The molecule has 4 aromatic rings. The fourth-order valence-electron chi connectivity index (χ4n) is 4.98. The number of nitrogens with zero attached hydrogens (tertiary/aromatic N) is 1. The molecule has 0 aliphatic carbocycles. The minimum Gasteiger partial charge on any atom is -0.508 e. The number of piperidine rings is 1. The van der Waals surface area contributed by atoms with Crippen molar-refractivity contribution in [3.8, 4) is 22.6 Å². The number of fused-ring (bicyclic) bond motifs is 3. The Bertz CT molecular complexity index is 1300. The molecule has 2 N–H and O–H groups in total. The van der Waals surface area contributed by atoms with E-state index < -0.39 is 5.60 Å². The first-order valence-electron chi connectivity index (χ1n) is 12.3. The Hall–Kier alpha value is -3.08. The van der Waals surface area contributed by atoms with E-state index in [0.29, 0.717) is 6.61 Å². The molecule has 0 atom stereocenters. The van der Waals surface area contributed by atoms with E-state index in [1.54, 1.807) is 12.1 Å². The third-order valence-electron chi connectivity index (χ3n) is 6.93. The smallest absolute Gasteiger partial charge is 0.119 e. The minimum absolute atomic E-state index is 0.253. The van der Waals surface area contributed by atoms with Gasteiger partial charge in [0.2, 0.25) is 0 Å². The Morgan fingerprint density at radius 3 is 2.29 bits per heavy atom. The topological polar surface area (TPSA) is 52.9 Å². The lowest BCUT2D eigenvalue weighted by Crippen LogP contribution is -2.33. The summed E-state index contributed by atoms with van der Waals surface area (Å²) in [6.45, 7) is 7.65. The molecule has 1 saturated heterocycles. The SMILES string of the molecule is CC(C)(O)c1ccc2c(c1)c(-c1ccc(OCCN3CCCCC3)cc1)cc1cc(O)ccc12. The number of phenolic OH excluding ortho intramolecular Hbond substituents is 1. The van der Waals surface area contributed by atoms with Crippen LogP contribution in [0.25, 0.3) is 32.7 Å². The summed E-state index contributed by atoms with van der Waals surface area (Å²) >= 11 is 0. The molecule has 1 fully saturated rings. The number of phenols is 1. The fraction of sp³-hybridized carbons (Fsp3) is 0.333. The lowest BCUT2D eigenvalue weighted by molar-refractivity contribution is 0.0787. The number of benzene rings is 4. The predicted molar refractivity (Wildman–Crippen MR) is 140 cm³/mol. The first-order chi connectivity index (χ1) is 16.4. The van der Waals surface area contributed by atoms with Gasteiger partial charge in [0, 0.05) is 6.54 Å². The second kappa shape index (κ2) is 9.28. The third-order valence-corrected chi connectivity index (χ3v) is 6.93. The Morgan fingerprint density at radius 2 is 1.56 bits per heavy atom. The van der Waals surface area contributed by atoms with E-state index in [1.165, 1.54) is 32.4 Å². The molecule has 0 aromatic heterocycles. The quantitative estimate of drug-likeness (QED) is 0.328. The fourth-order valence-corrected chi connectivity index (χ4v) is 4.98. The summed E-state index contributed by atoms with van der Waals surface area (Å²) in [5, 5.41) is 24.9. The molecule has 34 heavy (non-hydrogen) atoms. The summed E-state index contributed by atoms with van der Waals surface area (Å²) in [6.07, 6.45) is 3.93. The van der Waals surface area contributed by atoms with E-state index in [-0.39, 0.29) is 5.75 Å². The van der Waals surface area contributed by atoms with E-state index in [2.05, 4.69) is 35.2 Å². The summed E-state index contributed by atoms with van der Waals surface area (Å²) < 4.78 is 6.03. The molecule has 4 aromatic carbocycles. The van der Waals surface area contributed by atoms with Crippen molar-refractivity contribution in [1.82, 2.24) is 4.90 Å². The largest absolute Gasteiger partial charge is 0.508 e. The molecule has 0 spiro atoms. The Labute approximate surface area is 201 Å². The molecule has 0 amide bonds. The zero-order valence-electron chi connectivity index (χ0n) is 20.1. The molecular weight excluding hydrogens is 422 g/mol. The Balaban J connectivity index is 1.48. The van der Waals surface area contributed by atoms with Crippen LogP contribution < -0.4 is 4.74 Å². The lowest BCUT2D eigenvalue weighted by atomic mass is 9.89. The predicted octanol–water partition coefficient (Wildman–Crippen LogP) is 6.46. The molecule has 5 rings (SSSR count). The van der Waals surface area contributed by atoms with E-state index >= 15 is 0 Å². The van der Waals surface area contributed by atoms with Crippen molar-refractivity contribution < 1.29 is 14.9 Å². The molecule has 0 unspecified atom stereocenters. The molecule has 176 valence electrons. The van der Waals surface area contributed by atoms with Gasteiger partial charge < -0.3 is 14.9 Å². The van der Waals surface area contributed by atoms with Crippen molar-refractivity contribution >= 4 is 21.5 Å². The average molecular weight is 456 g/mol. The van der Waals surface area contributed by atoms with Gasteiger partial charge in [-0.2, -0.15) is 0 Å². The first-order valence-corrected chi connectivity index (χ1v) is 12.3. The number of hydrogen-bond donors (Lipinski definition) is 2. The monoisotopic (exact) mass is 455 g/mol. The molecule has 1 aliphatic heterocycles. The number of likely N-dealkylation sites (tertiary alicyclic amines) is 1. The highest BCUT2D eigenvalue weighted by molar-refractivity contribution is 6.14. The van der Waals surface area contributed by atoms with E-state index in [0.717, 1.165) is 50.5 Å². The number of aromatic hydroxyl groups is 1. The van der Waals surface area contributed by atoms with Crippen LogP contribution >= 0.6 is 0 Å². The molecule has 1 aliphatic rings. The van der Waals surface area contributed by atoms with Crippen molar-refractivity contribution in [2.75, 3.05) is 26.2 Å². The van der Waals surface area contributed by atoms with Crippen LogP contribution in [0.1, 0.15) is 38.7 Å². The number of hydrogen-bond acceptors (Lipinski definition) is 4. The standard InChI is InChI=1S/C30H33NO3/c1-30(2,33)23-8-12-27-26-13-9-24(32)18-22(26)19-28(29(27)20-23)21-6-10-25(11-7-21)34-17-16-31-14-4-3-5-15-31/h6-13,18-20,32-33H,3-5,14-17H2,1-2H3. The summed E-state index contributed by atoms with van der Waals surface area (Å²) in [4.78, 5) is 2.48. The highest BCUT2D eigenvalue weighted by Gasteiger charge is 2.18. The third kappa shape index (κ3) is 4.75. The van der Waals surface area contributed by atoms with E-state index in [4.69, 9.17) is 4.74 Å². The first kappa shape index (κ1) is 22.7. The summed E-state index contributed by atoms with van der Waals surface area (Å²) in [5.41, 5.74) is 2.09. The highest BCUT2D eigenvalue weighted by Crippen LogP contribution is 2.38. The van der Waals surface area contributed by atoms with Gasteiger partial charge in [0.25, 0.3) is 0 Å². The van der Waals surface area contributed by atoms with Crippen LogP contribution in [0, 0.1) is 0 Å². The maximum Gasteiger partial charge on any atom is 0.119 e. The van der Waals surface area contributed by atoms with Gasteiger partial charge in [-0.15, -0.1) is 0 Å². The summed E-state index contributed by atoms with van der Waals surface area (Å²) in [6, 6.07) is 22.0. The van der Waals surface area contributed by atoms with Crippen LogP contribution in [0.4, 0.5) is 0 Å². The molecule has 0 bridgehead atoms. The number of aliphatic hydroxyl groups is 1. The van der Waals surface area contributed by atoms with Gasteiger partial charge in [0.1, 0.15) is 18.1 Å². The second-order valence-corrected chi connectivity index (χ2v) is 9.92. The maximum atomic E-state index is 10.6. The van der Waals surface area contributed by atoms with Gasteiger partial charge in [-0.05, 0) is 114 Å². The highest BCUT2D eigenvalue weighted by atomic mass is 16.5. The van der Waals surface area contributed by atoms with Crippen molar-refractivity contribution in [3.05, 3.63) is 72.3 Å². The van der Waals surface area contributed by atoms with Crippen LogP contribution in [0.3, 0.4) is 0 Å². The van der Waals surface area contributed by atoms with Gasteiger partial charge in [-0.25, -0.2) is 0 Å². The van der Waals surface area contributed by atoms with Crippen molar-refractivity contribution in [2.24, 2.45) is 0 Å². The molecule has 4 nitrogen and oxygen atoms in total. The zero-order valence-corrected chi connectivity index (χ0v) is 20.1. The van der Waals surface area contributed by atoms with Crippen molar-refractivity contribution in [1.29, 1.82) is 0 Å². The summed E-state index contributed by atoms with van der Waals surface area (Å²) in [5.74, 6) is 1.13. The molecule has 0 saturated carbocycles. The summed E-state index contributed by atoms with van der Waals surface area (Å²) in [7, 11) is 0. The average Bonchev–Trinajstić information content (AvgIpc) is 2.83. The zero-order chi connectivity index (χ0) is 23.7. The van der Waals surface area contributed by atoms with Gasteiger partial charge in [-0.3, -0.25) is 4.90 Å². The van der Waals surface area contributed by atoms with Crippen molar-refractivity contribution in [3.63, 3.8) is 0 Å². The van der Waals surface area contributed by atoms with E-state index in [1.807, 2.05) is 38.1 Å². The Kier molecular flexibility index (Phi) is 6.20. The number of ether oxygens (including phenoxy) is 1. The maximum absolute atomic E-state index is 10.6. The van der Waals surface area contributed by atoms with Gasteiger partial charge in [0.05, 0.1) is 5.60 Å². The lowest BCUT2D eigenvalue weighted by Gasteiger charge is -2.26. The van der Waals surface area contributed by atoms with Crippen LogP contribution in [-0.2, 0) is 5.60 Å². The van der Waals surface area contributed by atoms with Gasteiger partial charge in [-0.1, -0.05) is 36.8 Å². The van der Waals surface area contributed by atoms with Gasteiger partial charge >= 0.3 is 0 Å².